The van der Waals surface area contributed by atoms with Gasteiger partial charge in [0.25, 0.3) is 0 Å². The monoisotopic (exact) mass is 171 g/mol. The van der Waals surface area contributed by atoms with Crippen molar-refractivity contribution in [2.45, 2.75) is 26.3 Å². The van der Waals surface area contributed by atoms with Gasteiger partial charge in [0.1, 0.15) is 6.04 Å². The van der Waals surface area contributed by atoms with E-state index in [0.717, 1.165) is 12.0 Å². The molecule has 0 saturated carbocycles. The Morgan fingerprint density at radius 3 is 2.50 bits per heavy atom. The van der Waals surface area contributed by atoms with Crippen molar-refractivity contribution in [3.8, 4) is 0 Å². The van der Waals surface area contributed by atoms with E-state index < -0.39 is 12.0 Å². The summed E-state index contributed by atoms with van der Waals surface area (Å²) in [6.45, 7) is 8.16. The Bertz CT molecular complexity index is 177. The number of carbonyl (C=O) groups is 1. The van der Waals surface area contributed by atoms with Crippen molar-refractivity contribution in [1.29, 1.82) is 0 Å². The summed E-state index contributed by atoms with van der Waals surface area (Å²) in [4.78, 5) is 12.3. The molecular weight excluding hydrogens is 154 g/mol. The van der Waals surface area contributed by atoms with Crippen molar-refractivity contribution in [3.05, 3.63) is 12.2 Å². The third-order valence-corrected chi connectivity index (χ3v) is 1.99. The van der Waals surface area contributed by atoms with Gasteiger partial charge in [-0.2, -0.15) is 0 Å². The number of carboxylic acids is 1. The second kappa shape index (κ2) is 4.93. The van der Waals surface area contributed by atoms with Gasteiger partial charge in [-0.05, 0) is 20.4 Å². The zero-order valence-electron chi connectivity index (χ0n) is 8.00. The number of rotatable bonds is 5. The summed E-state index contributed by atoms with van der Waals surface area (Å²) in [6.07, 6.45) is 0.899. The van der Waals surface area contributed by atoms with Crippen LogP contribution in [0.5, 0.6) is 0 Å². The SMILES string of the molecule is C=C(CC)CN(C)C(C)C(=O)O. The molecule has 0 aromatic carbocycles. The molecule has 0 aromatic heterocycles. The Balaban J connectivity index is 3.94. The molecule has 0 radical (unpaired) electrons. The molecule has 1 N–H and O–H groups in total. The predicted molar refractivity (Wildman–Crippen MR) is 49.2 cm³/mol. The molecule has 0 aliphatic heterocycles. The van der Waals surface area contributed by atoms with Crippen LogP contribution < -0.4 is 0 Å². The van der Waals surface area contributed by atoms with Gasteiger partial charge in [0, 0.05) is 6.54 Å². The van der Waals surface area contributed by atoms with E-state index in [0.29, 0.717) is 6.54 Å². The molecule has 0 aromatic rings. The molecule has 0 saturated heterocycles. The third-order valence-electron chi connectivity index (χ3n) is 1.99. The summed E-state index contributed by atoms with van der Waals surface area (Å²) >= 11 is 0. The molecule has 3 heteroatoms. The van der Waals surface area contributed by atoms with Crippen LogP contribution >= 0.6 is 0 Å². The minimum Gasteiger partial charge on any atom is -0.480 e. The van der Waals surface area contributed by atoms with E-state index in [1.807, 2.05) is 6.92 Å². The van der Waals surface area contributed by atoms with Gasteiger partial charge in [0.2, 0.25) is 0 Å². The Labute approximate surface area is 73.7 Å². The van der Waals surface area contributed by atoms with Crippen LogP contribution in [0.25, 0.3) is 0 Å². The number of hydrogen-bond acceptors (Lipinski definition) is 2. The van der Waals surface area contributed by atoms with Crippen molar-refractivity contribution in [2.24, 2.45) is 0 Å². The molecule has 0 rings (SSSR count). The number of carboxylic acid groups (broad SMARTS) is 1. The largest absolute Gasteiger partial charge is 0.480 e. The van der Waals surface area contributed by atoms with Crippen LogP contribution in [0.2, 0.25) is 0 Å². The second-order valence-electron chi connectivity index (χ2n) is 3.03. The Morgan fingerprint density at radius 1 is 1.67 bits per heavy atom. The topological polar surface area (TPSA) is 40.5 Å². The molecule has 70 valence electrons. The van der Waals surface area contributed by atoms with Crippen molar-refractivity contribution in [1.82, 2.24) is 4.90 Å². The lowest BCUT2D eigenvalue weighted by Gasteiger charge is -2.21. The lowest BCUT2D eigenvalue weighted by atomic mass is 10.2. The summed E-state index contributed by atoms with van der Waals surface area (Å²) < 4.78 is 0. The van der Waals surface area contributed by atoms with E-state index in [1.165, 1.54) is 0 Å². The second-order valence-corrected chi connectivity index (χ2v) is 3.03. The maximum absolute atomic E-state index is 10.5. The molecule has 12 heavy (non-hydrogen) atoms. The molecule has 0 fully saturated rings. The standard InChI is InChI=1S/C9H17NO2/c1-5-7(2)6-10(4)8(3)9(11)12/h8H,2,5-6H2,1,3-4H3,(H,11,12). The van der Waals surface area contributed by atoms with E-state index in [-0.39, 0.29) is 0 Å². The Morgan fingerprint density at radius 2 is 2.17 bits per heavy atom. The molecule has 0 heterocycles. The fourth-order valence-corrected chi connectivity index (χ4v) is 0.790. The van der Waals surface area contributed by atoms with Gasteiger partial charge >= 0.3 is 5.97 Å². The van der Waals surface area contributed by atoms with Crippen LogP contribution in [-0.2, 0) is 4.79 Å². The molecule has 0 aliphatic carbocycles. The van der Waals surface area contributed by atoms with Gasteiger partial charge in [-0.3, -0.25) is 9.69 Å². The lowest BCUT2D eigenvalue weighted by molar-refractivity contribution is -0.141. The first-order valence-electron chi connectivity index (χ1n) is 4.08. The molecule has 3 nitrogen and oxygen atoms in total. The van der Waals surface area contributed by atoms with Crippen molar-refractivity contribution in [2.75, 3.05) is 13.6 Å². The fourth-order valence-electron chi connectivity index (χ4n) is 0.790. The lowest BCUT2D eigenvalue weighted by Crippen LogP contribution is -2.36. The highest BCUT2D eigenvalue weighted by atomic mass is 16.4. The highest BCUT2D eigenvalue weighted by molar-refractivity contribution is 5.72. The first kappa shape index (κ1) is 11.2. The molecule has 1 atom stereocenters. The zero-order chi connectivity index (χ0) is 9.72. The van der Waals surface area contributed by atoms with Gasteiger partial charge in [0.15, 0.2) is 0 Å². The van der Waals surface area contributed by atoms with Crippen LogP contribution in [0.3, 0.4) is 0 Å². The Hall–Kier alpha value is -0.830. The first-order chi connectivity index (χ1) is 5.49. The summed E-state index contributed by atoms with van der Waals surface area (Å²) in [6, 6.07) is -0.437. The molecule has 0 amide bonds. The summed E-state index contributed by atoms with van der Waals surface area (Å²) in [5, 5.41) is 8.67. The maximum atomic E-state index is 10.5. The minimum absolute atomic E-state index is 0.437. The van der Waals surface area contributed by atoms with Crippen LogP contribution in [0.1, 0.15) is 20.3 Å². The average Bonchev–Trinajstić information content (AvgIpc) is 2.02. The van der Waals surface area contributed by atoms with Gasteiger partial charge in [-0.1, -0.05) is 19.1 Å². The summed E-state index contributed by atoms with van der Waals surface area (Å²) in [5.74, 6) is -0.790. The van der Waals surface area contributed by atoms with E-state index in [4.69, 9.17) is 5.11 Å². The van der Waals surface area contributed by atoms with E-state index in [2.05, 4.69) is 6.58 Å². The quantitative estimate of drug-likeness (QED) is 0.635. The van der Waals surface area contributed by atoms with Gasteiger partial charge in [0.05, 0.1) is 0 Å². The van der Waals surface area contributed by atoms with Crippen molar-refractivity contribution >= 4 is 5.97 Å². The highest BCUT2D eigenvalue weighted by Gasteiger charge is 2.16. The summed E-state index contributed by atoms with van der Waals surface area (Å²) in [5.41, 5.74) is 1.06. The van der Waals surface area contributed by atoms with Crippen LogP contribution in [0, 0.1) is 0 Å². The van der Waals surface area contributed by atoms with E-state index in [9.17, 15) is 4.79 Å². The smallest absolute Gasteiger partial charge is 0.320 e. The van der Waals surface area contributed by atoms with Gasteiger partial charge in [-0.15, -0.1) is 0 Å². The molecule has 0 aliphatic rings. The maximum Gasteiger partial charge on any atom is 0.320 e. The van der Waals surface area contributed by atoms with Crippen LogP contribution in [-0.4, -0.2) is 35.6 Å². The van der Waals surface area contributed by atoms with E-state index >= 15 is 0 Å². The normalized spacial score (nSPS) is 13.0. The van der Waals surface area contributed by atoms with Gasteiger partial charge < -0.3 is 5.11 Å². The van der Waals surface area contributed by atoms with Crippen molar-refractivity contribution < 1.29 is 9.90 Å². The molecular formula is C9H17NO2. The molecule has 1 unspecified atom stereocenters. The van der Waals surface area contributed by atoms with Crippen LogP contribution in [0.4, 0.5) is 0 Å². The number of likely N-dealkylation sites (N-methyl/N-ethyl adjacent to an activating group) is 1. The van der Waals surface area contributed by atoms with Crippen molar-refractivity contribution in [3.63, 3.8) is 0 Å². The first-order valence-corrected chi connectivity index (χ1v) is 4.08. The van der Waals surface area contributed by atoms with E-state index in [1.54, 1.807) is 18.9 Å². The number of aliphatic carboxylic acids is 1. The Kier molecular flexibility index (Phi) is 4.59. The molecule has 0 bridgehead atoms. The van der Waals surface area contributed by atoms with Crippen LogP contribution in [0.15, 0.2) is 12.2 Å². The number of nitrogens with zero attached hydrogens (tertiary/aromatic N) is 1. The minimum atomic E-state index is -0.790. The molecule has 0 spiro atoms. The van der Waals surface area contributed by atoms with Gasteiger partial charge in [-0.25, -0.2) is 0 Å². The number of hydrogen-bond donors (Lipinski definition) is 1. The predicted octanol–water partition coefficient (Wildman–Crippen LogP) is 1.36. The average molecular weight is 171 g/mol. The summed E-state index contributed by atoms with van der Waals surface area (Å²) in [7, 11) is 1.79. The zero-order valence-corrected chi connectivity index (χ0v) is 8.00. The third kappa shape index (κ3) is 3.53. The highest BCUT2D eigenvalue weighted by Crippen LogP contribution is 2.02. The fraction of sp³-hybridized carbons (Fsp3) is 0.667.